The van der Waals surface area contributed by atoms with Gasteiger partial charge in [0.1, 0.15) is 0 Å². The molecule has 0 fully saturated rings. The Hall–Kier alpha value is -2.62. The van der Waals surface area contributed by atoms with Crippen LogP contribution in [-0.2, 0) is 4.79 Å². The van der Waals surface area contributed by atoms with Gasteiger partial charge in [-0.2, -0.15) is 0 Å². The van der Waals surface area contributed by atoms with Gasteiger partial charge in [-0.05, 0) is 42.4 Å². The second-order valence-electron chi connectivity index (χ2n) is 9.03. The maximum atomic E-state index is 12.9. The van der Waals surface area contributed by atoms with E-state index in [-0.39, 0.29) is 23.4 Å². The number of urea groups is 1. The lowest BCUT2D eigenvalue weighted by molar-refractivity contribution is -0.130. The number of benzene rings is 1. The number of amides is 3. The quantitative estimate of drug-likeness (QED) is 0.400. The Morgan fingerprint density at radius 1 is 1.16 bits per heavy atom. The average Bonchev–Trinajstić information content (AvgIpc) is 2.72. The second kappa shape index (κ2) is 14.4. The predicted molar refractivity (Wildman–Crippen MR) is 138 cm³/mol. The largest absolute Gasteiger partial charge is 0.331 e. The number of carbonyl (C=O) groups is 2. The van der Waals surface area contributed by atoms with Crippen LogP contribution in [0.1, 0.15) is 91.8 Å². The molecule has 0 saturated carbocycles. The zero-order chi connectivity index (χ0) is 24.9. The van der Waals surface area contributed by atoms with Gasteiger partial charge in [0.2, 0.25) is 5.91 Å². The molecule has 1 unspecified atom stereocenters. The summed E-state index contributed by atoms with van der Waals surface area (Å²) in [5, 5.41) is 2.99. The van der Waals surface area contributed by atoms with E-state index in [0.717, 1.165) is 35.1 Å². The van der Waals surface area contributed by atoms with Gasteiger partial charge in [0, 0.05) is 13.0 Å². The van der Waals surface area contributed by atoms with Gasteiger partial charge in [-0.15, -0.1) is 0 Å². The fourth-order valence-electron chi connectivity index (χ4n) is 3.11. The summed E-state index contributed by atoms with van der Waals surface area (Å²) in [5.74, 6) is -0.128. The van der Waals surface area contributed by atoms with Gasteiger partial charge in [0.25, 0.3) is 0 Å². The number of allylic oxidation sites excluding steroid dienone is 4. The molecule has 3 amide bonds. The molecular weight excluding hydrogens is 396 g/mol. The normalized spacial score (nSPS) is 12.2. The molecule has 178 valence electrons. The van der Waals surface area contributed by atoms with Crippen molar-refractivity contribution in [2.45, 2.75) is 80.7 Å². The highest BCUT2D eigenvalue weighted by molar-refractivity contribution is 5.94. The van der Waals surface area contributed by atoms with Crippen molar-refractivity contribution in [2.75, 3.05) is 6.54 Å². The van der Waals surface area contributed by atoms with Crippen LogP contribution in [0.2, 0.25) is 0 Å². The third-order valence-corrected chi connectivity index (χ3v) is 4.77. The molecular formula is C28H44N2O2. The van der Waals surface area contributed by atoms with Crippen LogP contribution >= 0.6 is 0 Å². The van der Waals surface area contributed by atoms with Crippen LogP contribution in [0.15, 0.2) is 55.1 Å². The molecule has 0 aliphatic heterocycles. The molecule has 1 N–H and O–H groups in total. The van der Waals surface area contributed by atoms with E-state index < -0.39 is 0 Å². The Morgan fingerprint density at radius 2 is 1.72 bits per heavy atom. The zero-order valence-corrected chi connectivity index (χ0v) is 21.5. The molecule has 1 atom stereocenters. The molecule has 1 aromatic carbocycles. The monoisotopic (exact) mass is 440 g/mol. The summed E-state index contributed by atoms with van der Waals surface area (Å²) in [6.07, 6.45) is 5.75. The topological polar surface area (TPSA) is 49.4 Å². The molecule has 0 bridgehead atoms. The standard InChI is InChI=1S/C26H38N2O2.C2H6/c1-9-11-17-28(24(29)18-26(6,7)8)25(30)27-20(5)21-13-15-22(16-14-21)23(12-10-2)19(3)4;1-2/h10,12-16,20H,2-3,9,11,17-18H2,1,4-8H3,(H,27,30);1-2H3/b23-12+;. The molecule has 0 aromatic heterocycles. The van der Waals surface area contributed by atoms with Crippen molar-refractivity contribution in [3.8, 4) is 0 Å². The van der Waals surface area contributed by atoms with Crippen LogP contribution in [0.3, 0.4) is 0 Å². The number of hydrogen-bond acceptors (Lipinski definition) is 2. The highest BCUT2D eigenvalue weighted by atomic mass is 16.2. The molecule has 32 heavy (non-hydrogen) atoms. The summed E-state index contributed by atoms with van der Waals surface area (Å²) >= 11 is 0. The molecule has 0 heterocycles. The molecule has 0 aliphatic carbocycles. The van der Waals surface area contributed by atoms with Crippen LogP contribution in [0.4, 0.5) is 4.79 Å². The third-order valence-electron chi connectivity index (χ3n) is 4.77. The second-order valence-corrected chi connectivity index (χ2v) is 9.03. The van der Waals surface area contributed by atoms with Crippen LogP contribution in [0.25, 0.3) is 5.57 Å². The zero-order valence-electron chi connectivity index (χ0n) is 21.5. The SMILES string of the molecule is C=C/C=C(\C(=C)C)c1ccc(C(C)NC(=O)N(CCCC)C(=O)CC(C)(C)C)cc1.CC. The summed E-state index contributed by atoms with van der Waals surface area (Å²) < 4.78 is 0. The summed E-state index contributed by atoms with van der Waals surface area (Å²) in [4.78, 5) is 27.0. The number of imide groups is 1. The van der Waals surface area contributed by atoms with E-state index in [1.165, 1.54) is 4.90 Å². The number of carbonyl (C=O) groups excluding carboxylic acids is 2. The van der Waals surface area contributed by atoms with Crippen molar-refractivity contribution in [1.29, 1.82) is 0 Å². The Kier molecular flexibility index (Phi) is 13.3. The number of nitrogens with zero attached hydrogens (tertiary/aromatic N) is 1. The van der Waals surface area contributed by atoms with Crippen LogP contribution in [0, 0.1) is 5.41 Å². The Balaban J connectivity index is 0.00000466. The minimum atomic E-state index is -0.330. The summed E-state index contributed by atoms with van der Waals surface area (Å²) in [7, 11) is 0. The van der Waals surface area contributed by atoms with E-state index in [1.807, 2.05) is 78.8 Å². The van der Waals surface area contributed by atoms with Crippen molar-refractivity contribution >= 4 is 17.5 Å². The molecule has 1 rings (SSSR count). The number of nitrogens with one attached hydrogen (secondary N) is 1. The molecule has 4 nitrogen and oxygen atoms in total. The van der Waals surface area contributed by atoms with Gasteiger partial charge in [-0.3, -0.25) is 9.69 Å². The van der Waals surface area contributed by atoms with E-state index in [1.54, 1.807) is 6.08 Å². The maximum absolute atomic E-state index is 12.9. The minimum absolute atomic E-state index is 0.128. The van der Waals surface area contributed by atoms with Gasteiger partial charge in [0.15, 0.2) is 0 Å². The fourth-order valence-corrected chi connectivity index (χ4v) is 3.11. The maximum Gasteiger partial charge on any atom is 0.324 e. The molecule has 0 spiro atoms. The van der Waals surface area contributed by atoms with Gasteiger partial charge in [-0.1, -0.05) is 103 Å². The summed E-state index contributed by atoms with van der Waals surface area (Å²) in [6.45, 7) is 24.2. The molecule has 1 aromatic rings. The van der Waals surface area contributed by atoms with Crippen molar-refractivity contribution in [3.05, 3.63) is 66.3 Å². The first-order chi connectivity index (χ1) is 15.0. The number of hydrogen-bond donors (Lipinski definition) is 1. The van der Waals surface area contributed by atoms with Gasteiger partial charge in [-0.25, -0.2) is 4.79 Å². The molecule has 4 heteroatoms. The molecule has 0 radical (unpaired) electrons. The summed E-state index contributed by atoms with van der Waals surface area (Å²) in [5.41, 5.74) is 3.86. The van der Waals surface area contributed by atoms with Crippen LogP contribution < -0.4 is 5.32 Å². The van der Waals surface area contributed by atoms with Gasteiger partial charge < -0.3 is 5.32 Å². The van der Waals surface area contributed by atoms with E-state index in [0.29, 0.717) is 13.0 Å². The average molecular weight is 441 g/mol. The highest BCUT2D eigenvalue weighted by Crippen LogP contribution is 2.24. The van der Waals surface area contributed by atoms with Crippen molar-refractivity contribution < 1.29 is 9.59 Å². The van der Waals surface area contributed by atoms with E-state index >= 15 is 0 Å². The first-order valence-corrected chi connectivity index (χ1v) is 11.7. The fraction of sp³-hybridized carbons (Fsp3) is 0.500. The Labute approximate surface area is 196 Å². The van der Waals surface area contributed by atoms with E-state index in [9.17, 15) is 9.59 Å². The first kappa shape index (κ1) is 29.4. The number of rotatable bonds is 9. The minimum Gasteiger partial charge on any atom is -0.331 e. The highest BCUT2D eigenvalue weighted by Gasteiger charge is 2.26. The van der Waals surface area contributed by atoms with E-state index in [2.05, 4.69) is 25.4 Å². The Morgan fingerprint density at radius 3 is 2.16 bits per heavy atom. The van der Waals surface area contributed by atoms with Gasteiger partial charge in [0.05, 0.1) is 6.04 Å². The lowest BCUT2D eigenvalue weighted by Crippen LogP contribution is -2.46. The number of unbranched alkanes of at least 4 members (excludes halogenated alkanes) is 1. The molecule has 0 saturated heterocycles. The first-order valence-electron chi connectivity index (χ1n) is 11.7. The lowest BCUT2D eigenvalue weighted by atomic mass is 9.91. The summed E-state index contributed by atoms with van der Waals surface area (Å²) in [6, 6.07) is 7.47. The van der Waals surface area contributed by atoms with Crippen LogP contribution in [-0.4, -0.2) is 23.4 Å². The third kappa shape index (κ3) is 10.1. The molecule has 0 aliphatic rings. The van der Waals surface area contributed by atoms with Crippen LogP contribution in [0.5, 0.6) is 0 Å². The lowest BCUT2D eigenvalue weighted by Gasteiger charge is -2.27. The van der Waals surface area contributed by atoms with Crippen molar-refractivity contribution in [1.82, 2.24) is 10.2 Å². The van der Waals surface area contributed by atoms with Gasteiger partial charge >= 0.3 is 6.03 Å². The smallest absolute Gasteiger partial charge is 0.324 e. The Bertz CT molecular complexity index is 783. The van der Waals surface area contributed by atoms with E-state index in [4.69, 9.17) is 0 Å². The van der Waals surface area contributed by atoms with Crippen molar-refractivity contribution in [3.63, 3.8) is 0 Å². The predicted octanol–water partition coefficient (Wildman–Crippen LogP) is 7.69. The van der Waals surface area contributed by atoms with Crippen molar-refractivity contribution in [2.24, 2.45) is 5.41 Å².